The maximum absolute atomic E-state index is 12.5. The van der Waals surface area contributed by atoms with Gasteiger partial charge in [-0.15, -0.1) is 0 Å². The Hall–Kier alpha value is -1.53. The molecule has 0 atom stereocenters. The average molecular weight is 248 g/mol. The summed E-state index contributed by atoms with van der Waals surface area (Å²) < 4.78 is 37.6. The number of rotatable bonds is 4. The molecule has 1 aromatic heterocycles. The lowest BCUT2D eigenvalue weighted by molar-refractivity contribution is -0.144. The van der Waals surface area contributed by atoms with Crippen LogP contribution >= 0.6 is 0 Å². The fourth-order valence-electron chi connectivity index (χ4n) is 1.22. The summed E-state index contributed by atoms with van der Waals surface area (Å²) in [7, 11) is 0. The van der Waals surface area contributed by atoms with Crippen molar-refractivity contribution in [1.82, 2.24) is 9.97 Å². The zero-order valence-corrected chi connectivity index (χ0v) is 9.89. The minimum atomic E-state index is -4.54. The van der Waals surface area contributed by atoms with Gasteiger partial charge in [-0.2, -0.15) is 13.2 Å². The van der Waals surface area contributed by atoms with Gasteiger partial charge in [0, 0.05) is 18.7 Å². The van der Waals surface area contributed by atoms with Crippen molar-refractivity contribution in [3.8, 4) is 0 Å². The van der Waals surface area contributed by atoms with E-state index in [1.165, 1.54) is 6.07 Å². The number of nitrogens with one attached hydrogen (secondary N) is 2. The van der Waals surface area contributed by atoms with Crippen molar-refractivity contribution >= 4 is 11.6 Å². The molecule has 0 aromatic carbocycles. The topological polar surface area (TPSA) is 49.8 Å². The van der Waals surface area contributed by atoms with E-state index in [2.05, 4.69) is 20.6 Å². The maximum atomic E-state index is 12.5. The minimum absolute atomic E-state index is 0.000426. The van der Waals surface area contributed by atoms with Crippen LogP contribution in [0.2, 0.25) is 0 Å². The second kappa shape index (κ2) is 5.20. The molecule has 17 heavy (non-hydrogen) atoms. The highest BCUT2D eigenvalue weighted by Gasteiger charge is 2.35. The van der Waals surface area contributed by atoms with E-state index in [0.29, 0.717) is 6.54 Å². The highest BCUT2D eigenvalue weighted by atomic mass is 19.4. The quantitative estimate of drug-likeness (QED) is 0.860. The van der Waals surface area contributed by atoms with Gasteiger partial charge in [-0.05, 0) is 20.8 Å². The van der Waals surface area contributed by atoms with Gasteiger partial charge in [0.15, 0.2) is 0 Å². The van der Waals surface area contributed by atoms with E-state index < -0.39 is 12.0 Å². The molecule has 0 aliphatic carbocycles. The molecule has 0 spiro atoms. The molecule has 0 amide bonds. The predicted octanol–water partition coefficient (Wildman–Crippen LogP) is 2.75. The molecule has 0 aliphatic heterocycles. The second-order valence-corrected chi connectivity index (χ2v) is 3.79. The van der Waals surface area contributed by atoms with E-state index in [9.17, 15) is 13.2 Å². The van der Waals surface area contributed by atoms with Gasteiger partial charge in [-0.3, -0.25) is 0 Å². The van der Waals surface area contributed by atoms with Crippen LogP contribution in [0.25, 0.3) is 0 Å². The normalized spacial score (nSPS) is 11.7. The smallest absolute Gasteiger partial charge is 0.370 e. The first kappa shape index (κ1) is 13.5. The van der Waals surface area contributed by atoms with E-state index in [0.717, 1.165) is 0 Å². The predicted molar refractivity (Wildman–Crippen MR) is 60.0 cm³/mol. The number of halogens is 3. The van der Waals surface area contributed by atoms with E-state index in [-0.39, 0.29) is 17.7 Å². The number of hydrogen-bond acceptors (Lipinski definition) is 4. The zero-order valence-electron chi connectivity index (χ0n) is 9.89. The molecule has 2 N–H and O–H groups in total. The average Bonchev–Trinajstić information content (AvgIpc) is 2.15. The Labute approximate surface area is 97.7 Å². The van der Waals surface area contributed by atoms with Gasteiger partial charge in [-0.1, -0.05) is 0 Å². The molecule has 96 valence electrons. The Morgan fingerprint density at radius 1 is 1.24 bits per heavy atom. The number of anilines is 2. The molecule has 1 heterocycles. The maximum Gasteiger partial charge on any atom is 0.451 e. The molecule has 1 rings (SSSR count). The van der Waals surface area contributed by atoms with Crippen LogP contribution in [0.3, 0.4) is 0 Å². The van der Waals surface area contributed by atoms with Gasteiger partial charge in [0.25, 0.3) is 0 Å². The van der Waals surface area contributed by atoms with Gasteiger partial charge >= 0.3 is 6.18 Å². The summed E-state index contributed by atoms with van der Waals surface area (Å²) in [6.07, 6.45) is -4.54. The van der Waals surface area contributed by atoms with E-state index in [1.54, 1.807) is 6.92 Å². The van der Waals surface area contributed by atoms with Crippen LogP contribution in [-0.2, 0) is 6.18 Å². The van der Waals surface area contributed by atoms with Gasteiger partial charge in [0.2, 0.25) is 5.82 Å². The summed E-state index contributed by atoms with van der Waals surface area (Å²) in [6.45, 7) is 5.92. The highest BCUT2D eigenvalue weighted by molar-refractivity contribution is 5.48. The molecular weight excluding hydrogens is 233 g/mol. The molecule has 0 saturated carbocycles. The van der Waals surface area contributed by atoms with E-state index in [4.69, 9.17) is 0 Å². The Balaban J connectivity index is 3.09. The van der Waals surface area contributed by atoms with Gasteiger partial charge in [0.05, 0.1) is 0 Å². The summed E-state index contributed by atoms with van der Waals surface area (Å²) in [5.74, 6) is -0.810. The monoisotopic (exact) mass is 248 g/mol. The zero-order chi connectivity index (χ0) is 13.1. The summed E-state index contributed by atoms with van der Waals surface area (Å²) in [6, 6.07) is 1.46. The van der Waals surface area contributed by atoms with Crippen LogP contribution < -0.4 is 10.6 Å². The van der Waals surface area contributed by atoms with Crippen LogP contribution in [0, 0.1) is 0 Å². The minimum Gasteiger partial charge on any atom is -0.370 e. The third-order valence-corrected chi connectivity index (χ3v) is 1.77. The third kappa shape index (κ3) is 4.08. The molecule has 0 unspecified atom stereocenters. The molecule has 0 fully saturated rings. The van der Waals surface area contributed by atoms with Gasteiger partial charge in [-0.25, -0.2) is 9.97 Å². The molecule has 7 heteroatoms. The molecule has 4 nitrogen and oxygen atoms in total. The first-order chi connectivity index (χ1) is 7.82. The Morgan fingerprint density at radius 3 is 2.29 bits per heavy atom. The Kier molecular flexibility index (Phi) is 4.14. The van der Waals surface area contributed by atoms with Gasteiger partial charge in [0.1, 0.15) is 11.6 Å². The van der Waals surface area contributed by atoms with Crippen molar-refractivity contribution in [1.29, 1.82) is 0 Å². The standard InChI is InChI=1S/C10H15F3N4/c1-4-14-7-5-8(15-6(2)3)17-9(16-7)10(11,12)13/h5-6H,4H2,1-3H3,(H2,14,15,16,17). The number of alkyl halides is 3. The molecule has 1 aromatic rings. The lowest BCUT2D eigenvalue weighted by atomic mass is 10.4. The van der Waals surface area contributed by atoms with Crippen molar-refractivity contribution < 1.29 is 13.2 Å². The molecule has 0 aliphatic rings. The number of hydrogen-bond donors (Lipinski definition) is 2. The van der Waals surface area contributed by atoms with Crippen LogP contribution in [-0.4, -0.2) is 22.6 Å². The first-order valence-corrected chi connectivity index (χ1v) is 5.29. The second-order valence-electron chi connectivity index (χ2n) is 3.79. The van der Waals surface area contributed by atoms with E-state index in [1.807, 2.05) is 13.8 Å². The largest absolute Gasteiger partial charge is 0.451 e. The summed E-state index contributed by atoms with van der Waals surface area (Å²) >= 11 is 0. The fourth-order valence-corrected chi connectivity index (χ4v) is 1.22. The molecular formula is C10H15F3N4. The number of aromatic nitrogens is 2. The summed E-state index contributed by atoms with van der Waals surface area (Å²) in [4.78, 5) is 6.85. The Bertz CT molecular complexity index is 376. The van der Waals surface area contributed by atoms with Crippen LogP contribution in [0.5, 0.6) is 0 Å². The molecule has 0 saturated heterocycles. The van der Waals surface area contributed by atoms with Crippen LogP contribution in [0.15, 0.2) is 6.07 Å². The van der Waals surface area contributed by atoms with Crippen molar-refractivity contribution in [3.63, 3.8) is 0 Å². The molecule has 0 radical (unpaired) electrons. The lowest BCUT2D eigenvalue weighted by Crippen LogP contribution is -2.17. The number of nitrogens with zero attached hydrogens (tertiary/aromatic N) is 2. The molecule has 0 bridgehead atoms. The lowest BCUT2D eigenvalue weighted by Gasteiger charge is -2.13. The van der Waals surface area contributed by atoms with Crippen LogP contribution in [0.4, 0.5) is 24.8 Å². The van der Waals surface area contributed by atoms with Crippen molar-refractivity contribution in [2.75, 3.05) is 17.2 Å². The summed E-state index contributed by atoms with van der Waals surface area (Å²) in [5.41, 5.74) is 0. The fraction of sp³-hybridized carbons (Fsp3) is 0.600. The SMILES string of the molecule is CCNc1cc(NC(C)C)nc(C(F)(F)F)n1. The van der Waals surface area contributed by atoms with Crippen LogP contribution in [0.1, 0.15) is 26.6 Å². The van der Waals surface area contributed by atoms with Gasteiger partial charge < -0.3 is 10.6 Å². The van der Waals surface area contributed by atoms with E-state index >= 15 is 0 Å². The first-order valence-electron chi connectivity index (χ1n) is 5.29. The van der Waals surface area contributed by atoms with Crippen molar-refractivity contribution in [2.24, 2.45) is 0 Å². The van der Waals surface area contributed by atoms with Crippen molar-refractivity contribution in [3.05, 3.63) is 11.9 Å². The summed E-state index contributed by atoms with van der Waals surface area (Å²) in [5, 5.41) is 5.57. The Morgan fingerprint density at radius 2 is 1.82 bits per heavy atom. The highest BCUT2D eigenvalue weighted by Crippen LogP contribution is 2.28. The van der Waals surface area contributed by atoms with Crippen molar-refractivity contribution in [2.45, 2.75) is 33.0 Å². The third-order valence-electron chi connectivity index (χ3n) is 1.77.